The standard InChI is InChI=1S/C27H23N3O8/c1-17-2-4-19(5-3-17)26(33)28-29-15-20(14-25(29)32)27(34)37-16-24(31)18-6-10-22(11-7-18)38-23-12-8-21(9-13-23)30(35)36/h2-13,20H,14-16H2,1H3,(H,28,33)/t20-/m1/s1. The van der Waals surface area contributed by atoms with Crippen molar-refractivity contribution in [3.8, 4) is 11.5 Å². The number of carbonyl (C=O) groups is 4. The highest BCUT2D eigenvalue weighted by atomic mass is 16.6. The van der Waals surface area contributed by atoms with E-state index in [4.69, 9.17) is 9.47 Å². The highest BCUT2D eigenvalue weighted by Crippen LogP contribution is 2.24. The second-order valence-electron chi connectivity index (χ2n) is 8.62. The van der Waals surface area contributed by atoms with Crippen molar-refractivity contribution in [2.24, 2.45) is 5.92 Å². The van der Waals surface area contributed by atoms with Crippen molar-refractivity contribution in [3.63, 3.8) is 0 Å². The smallest absolute Gasteiger partial charge is 0.311 e. The summed E-state index contributed by atoms with van der Waals surface area (Å²) in [5, 5.41) is 11.8. The van der Waals surface area contributed by atoms with Gasteiger partial charge < -0.3 is 9.47 Å². The number of hydrogen-bond acceptors (Lipinski definition) is 8. The summed E-state index contributed by atoms with van der Waals surface area (Å²) in [4.78, 5) is 59.8. The fraction of sp³-hybridized carbons (Fsp3) is 0.185. The number of esters is 1. The molecule has 1 heterocycles. The van der Waals surface area contributed by atoms with Gasteiger partial charge in [-0.25, -0.2) is 0 Å². The molecule has 1 atom stereocenters. The Morgan fingerprint density at radius 1 is 0.947 bits per heavy atom. The Hall–Kier alpha value is -5.06. The van der Waals surface area contributed by atoms with Crippen molar-refractivity contribution in [2.75, 3.05) is 13.2 Å². The average Bonchev–Trinajstić information content (AvgIpc) is 3.28. The third-order valence-electron chi connectivity index (χ3n) is 5.81. The van der Waals surface area contributed by atoms with Gasteiger partial charge in [0.2, 0.25) is 5.91 Å². The number of amides is 2. The van der Waals surface area contributed by atoms with Crippen LogP contribution in [0.3, 0.4) is 0 Å². The summed E-state index contributed by atoms with van der Waals surface area (Å²) in [6, 6.07) is 18.5. The number of aryl methyl sites for hydroxylation is 1. The minimum atomic E-state index is -0.814. The molecule has 1 aliphatic heterocycles. The molecule has 1 fully saturated rings. The van der Waals surface area contributed by atoms with Gasteiger partial charge in [0.15, 0.2) is 12.4 Å². The molecule has 1 aliphatic rings. The number of hydrogen-bond donors (Lipinski definition) is 1. The molecule has 4 rings (SSSR count). The second kappa shape index (κ2) is 11.3. The number of Topliss-reactive ketones (excluding diaryl/α,β-unsaturated/α-hetero) is 1. The fourth-order valence-electron chi connectivity index (χ4n) is 3.68. The number of carbonyl (C=O) groups excluding carboxylic acids is 4. The lowest BCUT2D eigenvalue weighted by Gasteiger charge is -2.17. The molecule has 0 aromatic heterocycles. The molecule has 38 heavy (non-hydrogen) atoms. The van der Waals surface area contributed by atoms with Crippen LogP contribution in [0.4, 0.5) is 5.69 Å². The van der Waals surface area contributed by atoms with Crippen molar-refractivity contribution < 1.29 is 33.6 Å². The first-order valence-corrected chi connectivity index (χ1v) is 11.6. The maximum absolute atomic E-state index is 12.5. The molecule has 0 unspecified atom stereocenters. The van der Waals surface area contributed by atoms with E-state index >= 15 is 0 Å². The molecule has 0 spiro atoms. The molecule has 3 aromatic rings. The quantitative estimate of drug-likeness (QED) is 0.196. The average molecular weight is 517 g/mol. The zero-order valence-corrected chi connectivity index (χ0v) is 20.3. The first-order valence-electron chi connectivity index (χ1n) is 11.6. The lowest BCUT2D eigenvalue weighted by Crippen LogP contribution is -2.43. The van der Waals surface area contributed by atoms with E-state index in [1.807, 2.05) is 6.92 Å². The summed E-state index contributed by atoms with van der Waals surface area (Å²) >= 11 is 0. The molecular formula is C27H23N3O8. The number of hydrazine groups is 1. The van der Waals surface area contributed by atoms with Crippen molar-refractivity contribution in [3.05, 3.63) is 99.6 Å². The first kappa shape index (κ1) is 26.0. The van der Waals surface area contributed by atoms with Crippen molar-refractivity contribution in [2.45, 2.75) is 13.3 Å². The Morgan fingerprint density at radius 2 is 1.53 bits per heavy atom. The predicted molar refractivity (Wildman–Crippen MR) is 133 cm³/mol. The summed E-state index contributed by atoms with van der Waals surface area (Å²) in [6.45, 7) is 1.32. The number of non-ortho nitro benzene ring substituents is 1. The molecule has 0 bridgehead atoms. The van der Waals surface area contributed by atoms with Crippen LogP contribution in [0.15, 0.2) is 72.8 Å². The van der Waals surface area contributed by atoms with Crippen LogP contribution in [0.2, 0.25) is 0 Å². The largest absolute Gasteiger partial charge is 0.457 e. The number of ketones is 1. The monoisotopic (exact) mass is 517 g/mol. The number of rotatable bonds is 9. The van der Waals surface area contributed by atoms with Gasteiger partial charge in [0, 0.05) is 29.7 Å². The lowest BCUT2D eigenvalue weighted by molar-refractivity contribution is -0.384. The van der Waals surface area contributed by atoms with Crippen LogP contribution in [0, 0.1) is 23.0 Å². The SMILES string of the molecule is Cc1ccc(C(=O)NN2C[C@H](C(=O)OCC(=O)c3ccc(Oc4ccc([N+](=O)[O-])cc4)cc3)CC2=O)cc1. The normalized spacial score (nSPS) is 14.6. The van der Waals surface area contributed by atoms with Crippen molar-refractivity contribution in [1.29, 1.82) is 0 Å². The first-order chi connectivity index (χ1) is 18.2. The minimum Gasteiger partial charge on any atom is -0.457 e. The van der Waals surface area contributed by atoms with E-state index in [0.717, 1.165) is 10.6 Å². The van der Waals surface area contributed by atoms with Crippen LogP contribution in [-0.4, -0.2) is 46.7 Å². The Bertz CT molecular complexity index is 1370. The van der Waals surface area contributed by atoms with E-state index < -0.39 is 41.0 Å². The van der Waals surface area contributed by atoms with E-state index in [1.54, 1.807) is 36.4 Å². The molecule has 194 valence electrons. The third kappa shape index (κ3) is 6.38. The number of nitrogens with zero attached hydrogens (tertiary/aromatic N) is 2. The van der Waals surface area contributed by atoms with Gasteiger partial charge in [-0.2, -0.15) is 0 Å². The van der Waals surface area contributed by atoms with Crippen LogP contribution in [0.25, 0.3) is 0 Å². The van der Waals surface area contributed by atoms with Gasteiger partial charge in [-0.15, -0.1) is 0 Å². The van der Waals surface area contributed by atoms with Gasteiger partial charge in [-0.05, 0) is 55.5 Å². The molecular weight excluding hydrogens is 494 g/mol. The Balaban J connectivity index is 1.25. The van der Waals surface area contributed by atoms with Gasteiger partial charge in [0.1, 0.15) is 11.5 Å². The number of nitrogens with one attached hydrogen (secondary N) is 1. The molecule has 0 aliphatic carbocycles. The molecule has 1 saturated heterocycles. The second-order valence-corrected chi connectivity index (χ2v) is 8.62. The number of nitro benzene ring substituents is 1. The number of nitro groups is 1. The fourth-order valence-corrected chi connectivity index (χ4v) is 3.68. The van der Waals surface area contributed by atoms with Gasteiger partial charge in [0.25, 0.3) is 11.6 Å². The molecule has 2 amide bonds. The van der Waals surface area contributed by atoms with E-state index in [0.29, 0.717) is 17.1 Å². The van der Waals surface area contributed by atoms with Crippen LogP contribution < -0.4 is 10.2 Å². The van der Waals surface area contributed by atoms with Gasteiger partial charge >= 0.3 is 5.97 Å². The molecule has 11 heteroatoms. The van der Waals surface area contributed by atoms with Gasteiger partial charge in [-0.3, -0.25) is 39.7 Å². The molecule has 0 saturated carbocycles. The van der Waals surface area contributed by atoms with Crippen LogP contribution in [-0.2, 0) is 14.3 Å². The van der Waals surface area contributed by atoms with Crippen molar-refractivity contribution in [1.82, 2.24) is 10.4 Å². The van der Waals surface area contributed by atoms with E-state index in [1.165, 1.54) is 36.4 Å². The summed E-state index contributed by atoms with van der Waals surface area (Å²) in [5.74, 6) is -2.08. The maximum Gasteiger partial charge on any atom is 0.311 e. The summed E-state index contributed by atoms with van der Waals surface area (Å²) in [6.07, 6.45) is -0.143. The van der Waals surface area contributed by atoms with E-state index in [2.05, 4.69) is 5.43 Å². The van der Waals surface area contributed by atoms with E-state index in [-0.39, 0.29) is 24.2 Å². The number of benzene rings is 3. The summed E-state index contributed by atoms with van der Waals surface area (Å²) in [7, 11) is 0. The Labute approximate surface area is 217 Å². The zero-order chi connectivity index (χ0) is 27.2. The van der Waals surface area contributed by atoms with Crippen LogP contribution in [0.1, 0.15) is 32.7 Å². The lowest BCUT2D eigenvalue weighted by atomic mass is 10.1. The molecule has 1 N–H and O–H groups in total. The van der Waals surface area contributed by atoms with E-state index in [9.17, 15) is 29.3 Å². The maximum atomic E-state index is 12.5. The third-order valence-corrected chi connectivity index (χ3v) is 5.81. The van der Waals surface area contributed by atoms with Crippen LogP contribution >= 0.6 is 0 Å². The highest BCUT2D eigenvalue weighted by molar-refractivity contribution is 5.99. The molecule has 0 radical (unpaired) electrons. The summed E-state index contributed by atoms with van der Waals surface area (Å²) in [5.41, 5.74) is 4.09. The minimum absolute atomic E-state index is 0.0574. The summed E-state index contributed by atoms with van der Waals surface area (Å²) < 4.78 is 10.7. The topological polar surface area (TPSA) is 145 Å². The Morgan fingerprint density at radius 3 is 2.13 bits per heavy atom. The van der Waals surface area contributed by atoms with Gasteiger partial charge in [-0.1, -0.05) is 17.7 Å². The highest BCUT2D eigenvalue weighted by Gasteiger charge is 2.36. The zero-order valence-electron chi connectivity index (χ0n) is 20.3. The molecule has 3 aromatic carbocycles. The molecule has 11 nitrogen and oxygen atoms in total. The van der Waals surface area contributed by atoms with Gasteiger partial charge in [0.05, 0.1) is 17.4 Å². The van der Waals surface area contributed by atoms with Crippen molar-refractivity contribution >= 4 is 29.3 Å². The number of ether oxygens (including phenoxy) is 2. The van der Waals surface area contributed by atoms with Crippen LogP contribution in [0.5, 0.6) is 11.5 Å². The predicted octanol–water partition coefficient (Wildman–Crippen LogP) is 3.61. The Kier molecular flexibility index (Phi) is 7.76.